The fourth-order valence-corrected chi connectivity index (χ4v) is 1.44. The molecular weight excluding hydrogens is 168 g/mol. The second kappa shape index (κ2) is 5.23. The van der Waals surface area contributed by atoms with Gasteiger partial charge in [-0.25, -0.2) is 0 Å². The Hall–Kier alpha value is -1.56. The Labute approximate surface area is 86.3 Å². The highest BCUT2D eigenvalue weighted by molar-refractivity contribution is 5.76. The number of benzene rings is 1. The van der Waals surface area contributed by atoms with Gasteiger partial charge in [0.2, 0.25) is 0 Å². The van der Waals surface area contributed by atoms with E-state index in [1.165, 1.54) is 16.7 Å². The minimum atomic E-state index is 1.21. The molecule has 0 bridgehead atoms. The number of aryl methyl sites for hydroxylation is 1. The number of hydrogen-bond donors (Lipinski definition) is 0. The third-order valence-corrected chi connectivity index (χ3v) is 2.10. The Morgan fingerprint density at radius 2 is 2.00 bits per heavy atom. The molecule has 0 aliphatic heterocycles. The summed E-state index contributed by atoms with van der Waals surface area (Å²) < 4.78 is 0. The van der Waals surface area contributed by atoms with E-state index in [1.807, 2.05) is 25.2 Å². The summed E-state index contributed by atoms with van der Waals surface area (Å²) >= 11 is 0. The molecule has 0 aliphatic carbocycles. The van der Waals surface area contributed by atoms with Crippen LogP contribution in [0, 0.1) is 6.92 Å². The average Bonchev–Trinajstić information content (AvgIpc) is 2.18. The first-order chi connectivity index (χ1) is 6.79. The third-order valence-electron chi connectivity index (χ3n) is 2.10. The topological polar surface area (TPSA) is 0 Å². The third kappa shape index (κ3) is 2.46. The van der Waals surface area contributed by atoms with Gasteiger partial charge in [-0.2, -0.15) is 0 Å². The van der Waals surface area contributed by atoms with E-state index in [1.54, 1.807) is 0 Å². The van der Waals surface area contributed by atoms with Gasteiger partial charge < -0.3 is 0 Å². The molecule has 14 heavy (non-hydrogen) atoms. The van der Waals surface area contributed by atoms with E-state index >= 15 is 0 Å². The van der Waals surface area contributed by atoms with Gasteiger partial charge in [0.05, 0.1) is 0 Å². The first-order valence-corrected chi connectivity index (χ1v) is 4.81. The normalized spacial score (nSPS) is 12.0. The lowest BCUT2D eigenvalue weighted by Gasteiger charge is -2.05. The highest BCUT2D eigenvalue weighted by Crippen LogP contribution is 2.19. The quantitative estimate of drug-likeness (QED) is 0.619. The van der Waals surface area contributed by atoms with Crippen molar-refractivity contribution in [3.63, 3.8) is 0 Å². The van der Waals surface area contributed by atoms with Crippen molar-refractivity contribution in [1.82, 2.24) is 0 Å². The predicted molar refractivity (Wildman–Crippen MR) is 64.2 cm³/mol. The monoisotopic (exact) mass is 184 g/mol. The maximum atomic E-state index is 3.73. The minimum Gasteiger partial charge on any atom is -0.0990 e. The molecule has 1 aromatic rings. The number of hydrogen-bond acceptors (Lipinski definition) is 0. The van der Waals surface area contributed by atoms with Gasteiger partial charge in [-0.05, 0) is 30.5 Å². The molecule has 0 unspecified atom stereocenters. The van der Waals surface area contributed by atoms with Crippen LogP contribution in [0.15, 0.2) is 55.1 Å². The van der Waals surface area contributed by atoms with E-state index < -0.39 is 0 Å². The molecule has 1 aromatic carbocycles. The van der Waals surface area contributed by atoms with Crippen molar-refractivity contribution in [1.29, 1.82) is 0 Å². The Bertz CT molecular complexity index is 367. The summed E-state index contributed by atoms with van der Waals surface area (Å²) in [6.45, 7) is 7.87. The van der Waals surface area contributed by atoms with Crippen LogP contribution in [0.25, 0.3) is 5.57 Å². The van der Waals surface area contributed by atoms with Crippen molar-refractivity contribution in [2.24, 2.45) is 0 Å². The lowest BCUT2D eigenvalue weighted by molar-refractivity contribution is 1.43. The summed E-state index contributed by atoms with van der Waals surface area (Å²) in [6.07, 6.45) is 8.00. The second-order valence-electron chi connectivity index (χ2n) is 3.17. The van der Waals surface area contributed by atoms with Crippen LogP contribution in [-0.2, 0) is 0 Å². The molecule has 0 nitrogen and oxygen atoms in total. The summed E-state index contributed by atoms with van der Waals surface area (Å²) in [5.41, 5.74) is 3.77. The first kappa shape index (κ1) is 10.5. The lowest BCUT2D eigenvalue weighted by Crippen LogP contribution is -1.85. The van der Waals surface area contributed by atoms with Gasteiger partial charge in [0.1, 0.15) is 0 Å². The summed E-state index contributed by atoms with van der Waals surface area (Å²) in [7, 11) is 0. The molecule has 0 fully saturated rings. The number of rotatable bonds is 3. The fraction of sp³-hybridized carbons (Fsp3) is 0.143. The van der Waals surface area contributed by atoms with Crippen molar-refractivity contribution >= 4 is 5.57 Å². The minimum absolute atomic E-state index is 1.21. The molecule has 0 heteroatoms. The second-order valence-corrected chi connectivity index (χ2v) is 3.17. The zero-order chi connectivity index (χ0) is 10.4. The SMILES string of the molecule is C=CC=C(C=CC)c1ccccc1C. The van der Waals surface area contributed by atoms with Gasteiger partial charge in [0.15, 0.2) is 0 Å². The zero-order valence-corrected chi connectivity index (χ0v) is 8.83. The molecule has 72 valence electrons. The standard InChI is InChI=1S/C14H16/c1-4-8-13(9-5-2)14-11-7-6-10-12(14)3/h4-11H,1H2,2-3H3. The number of allylic oxidation sites excluding steroid dienone is 5. The molecule has 0 radical (unpaired) electrons. The Balaban J connectivity index is 3.18. The van der Waals surface area contributed by atoms with Crippen LogP contribution in [0.4, 0.5) is 0 Å². The van der Waals surface area contributed by atoms with Gasteiger partial charge in [-0.1, -0.05) is 55.1 Å². The van der Waals surface area contributed by atoms with Crippen molar-refractivity contribution in [3.05, 3.63) is 66.3 Å². The molecule has 0 aromatic heterocycles. The fourth-order valence-electron chi connectivity index (χ4n) is 1.44. The van der Waals surface area contributed by atoms with Crippen LogP contribution in [0.2, 0.25) is 0 Å². The van der Waals surface area contributed by atoms with Crippen LogP contribution in [0.3, 0.4) is 0 Å². The van der Waals surface area contributed by atoms with Gasteiger partial charge >= 0.3 is 0 Å². The van der Waals surface area contributed by atoms with E-state index in [-0.39, 0.29) is 0 Å². The lowest BCUT2D eigenvalue weighted by atomic mass is 10.00. The summed E-state index contributed by atoms with van der Waals surface area (Å²) in [5.74, 6) is 0. The molecule has 0 heterocycles. The predicted octanol–water partition coefficient (Wildman–Crippen LogP) is 4.14. The first-order valence-electron chi connectivity index (χ1n) is 4.81. The van der Waals surface area contributed by atoms with Crippen molar-refractivity contribution in [2.75, 3.05) is 0 Å². The van der Waals surface area contributed by atoms with Gasteiger partial charge in [0, 0.05) is 0 Å². The molecule has 1 rings (SSSR count). The van der Waals surface area contributed by atoms with Gasteiger partial charge in [0.25, 0.3) is 0 Å². The Kier molecular flexibility index (Phi) is 3.93. The molecule has 0 atom stereocenters. The average molecular weight is 184 g/mol. The van der Waals surface area contributed by atoms with Crippen LogP contribution in [-0.4, -0.2) is 0 Å². The molecule has 0 N–H and O–H groups in total. The van der Waals surface area contributed by atoms with E-state index in [9.17, 15) is 0 Å². The molecule has 0 saturated carbocycles. The Morgan fingerprint density at radius 1 is 1.29 bits per heavy atom. The molecule has 0 spiro atoms. The summed E-state index contributed by atoms with van der Waals surface area (Å²) in [5, 5.41) is 0. The molecule has 0 amide bonds. The van der Waals surface area contributed by atoms with Crippen LogP contribution in [0.1, 0.15) is 18.1 Å². The summed E-state index contributed by atoms with van der Waals surface area (Å²) in [4.78, 5) is 0. The van der Waals surface area contributed by atoms with Crippen LogP contribution < -0.4 is 0 Å². The molecular formula is C14H16. The van der Waals surface area contributed by atoms with E-state index in [2.05, 4.69) is 43.8 Å². The highest BCUT2D eigenvalue weighted by Gasteiger charge is 1.98. The highest BCUT2D eigenvalue weighted by atomic mass is 14.0. The maximum Gasteiger partial charge on any atom is -0.0155 e. The van der Waals surface area contributed by atoms with E-state index in [4.69, 9.17) is 0 Å². The van der Waals surface area contributed by atoms with Crippen LogP contribution in [0.5, 0.6) is 0 Å². The molecule has 0 saturated heterocycles. The van der Waals surface area contributed by atoms with Crippen molar-refractivity contribution in [2.45, 2.75) is 13.8 Å². The largest absolute Gasteiger partial charge is 0.0990 e. The maximum absolute atomic E-state index is 3.73. The van der Waals surface area contributed by atoms with Crippen molar-refractivity contribution in [3.8, 4) is 0 Å². The smallest absolute Gasteiger partial charge is 0.0155 e. The van der Waals surface area contributed by atoms with E-state index in [0.717, 1.165) is 0 Å². The zero-order valence-electron chi connectivity index (χ0n) is 8.83. The molecule has 0 aliphatic rings. The van der Waals surface area contributed by atoms with E-state index in [0.29, 0.717) is 0 Å². The Morgan fingerprint density at radius 3 is 2.57 bits per heavy atom. The van der Waals surface area contributed by atoms with Gasteiger partial charge in [-0.3, -0.25) is 0 Å². The van der Waals surface area contributed by atoms with Crippen molar-refractivity contribution < 1.29 is 0 Å². The summed E-state index contributed by atoms with van der Waals surface area (Å²) in [6, 6.07) is 8.36. The van der Waals surface area contributed by atoms with Gasteiger partial charge in [-0.15, -0.1) is 0 Å². The van der Waals surface area contributed by atoms with Crippen LogP contribution >= 0.6 is 0 Å².